The van der Waals surface area contributed by atoms with Crippen LogP contribution in [-0.2, 0) is 14.4 Å². The summed E-state index contributed by atoms with van der Waals surface area (Å²) in [7, 11) is 0. The van der Waals surface area contributed by atoms with E-state index in [1.165, 1.54) is 0 Å². The Morgan fingerprint density at radius 3 is 2.57 bits per heavy atom. The zero-order chi connectivity index (χ0) is 20.4. The first-order valence-electron chi connectivity index (χ1n) is 10.3. The Kier molecular flexibility index (Phi) is 8.98. The maximum atomic E-state index is 13.0. The average molecular weight is 388 g/mol. The first-order chi connectivity index (χ1) is 13.5. The summed E-state index contributed by atoms with van der Waals surface area (Å²) in [4.78, 5) is 39.2. The molecule has 6 nitrogen and oxygen atoms in total. The second-order valence-electron chi connectivity index (χ2n) is 7.86. The lowest BCUT2D eigenvalue weighted by atomic mass is 10.0. The average Bonchev–Trinajstić information content (AvgIpc) is 2.71. The maximum Gasteiger partial charge on any atom is 0.242 e. The Bertz CT molecular complexity index is 646. The lowest BCUT2D eigenvalue weighted by Gasteiger charge is -2.32. The van der Waals surface area contributed by atoms with E-state index in [1.54, 1.807) is 4.90 Å². The van der Waals surface area contributed by atoms with Crippen LogP contribution in [0.3, 0.4) is 0 Å². The molecule has 1 atom stereocenters. The molecular formula is C22H33N3O3. The molecule has 0 aliphatic carbocycles. The van der Waals surface area contributed by atoms with Gasteiger partial charge in [0.1, 0.15) is 0 Å². The molecule has 0 spiro atoms. The number of amides is 3. The van der Waals surface area contributed by atoms with E-state index in [0.29, 0.717) is 19.5 Å². The Balaban J connectivity index is 2.17. The largest absolute Gasteiger partial charge is 0.356 e. The standard InChI is InChI=1S/C22H33N3O3/c1-17(2)14-20(26)24-16-22(28)25-13-9-4-3-8-12-23-21(27)15-19(25)18-10-6-5-7-11-18/h5-7,10-11,17,19H,3-4,8-9,12-16H2,1-2H3,(H,23,27)(H,24,26). The van der Waals surface area contributed by atoms with Crippen molar-refractivity contribution in [3.63, 3.8) is 0 Å². The molecule has 1 fully saturated rings. The number of carbonyl (C=O) groups is 3. The van der Waals surface area contributed by atoms with Crippen LogP contribution in [0.25, 0.3) is 0 Å². The Labute approximate surface area is 168 Å². The highest BCUT2D eigenvalue weighted by atomic mass is 16.2. The van der Waals surface area contributed by atoms with Crippen LogP contribution in [0.4, 0.5) is 0 Å². The predicted octanol–water partition coefficient (Wildman–Crippen LogP) is 2.80. The van der Waals surface area contributed by atoms with E-state index in [1.807, 2.05) is 44.2 Å². The lowest BCUT2D eigenvalue weighted by molar-refractivity contribution is -0.136. The van der Waals surface area contributed by atoms with Crippen molar-refractivity contribution in [2.24, 2.45) is 5.92 Å². The third kappa shape index (κ3) is 7.33. The molecule has 1 aliphatic heterocycles. The van der Waals surface area contributed by atoms with E-state index in [9.17, 15) is 14.4 Å². The van der Waals surface area contributed by atoms with E-state index in [-0.39, 0.29) is 42.6 Å². The summed E-state index contributed by atoms with van der Waals surface area (Å²) < 4.78 is 0. The van der Waals surface area contributed by atoms with E-state index < -0.39 is 0 Å². The summed E-state index contributed by atoms with van der Waals surface area (Å²) in [6.07, 6.45) is 4.53. The topological polar surface area (TPSA) is 78.5 Å². The first kappa shape index (κ1) is 21.9. The normalized spacial score (nSPS) is 18.9. The van der Waals surface area contributed by atoms with Gasteiger partial charge in [-0.2, -0.15) is 0 Å². The first-order valence-corrected chi connectivity index (χ1v) is 10.3. The van der Waals surface area contributed by atoms with Gasteiger partial charge in [0, 0.05) is 19.5 Å². The van der Waals surface area contributed by atoms with Crippen molar-refractivity contribution >= 4 is 17.7 Å². The summed E-state index contributed by atoms with van der Waals surface area (Å²) in [5.74, 6) is -0.0563. The van der Waals surface area contributed by atoms with Gasteiger partial charge in [-0.3, -0.25) is 14.4 Å². The molecule has 0 radical (unpaired) electrons. The Hall–Kier alpha value is -2.37. The van der Waals surface area contributed by atoms with Gasteiger partial charge in [0.15, 0.2) is 0 Å². The SMILES string of the molecule is CC(C)CC(=O)NCC(=O)N1CCCCCCNC(=O)CC1c1ccccc1. The molecule has 0 saturated carbocycles. The molecule has 1 heterocycles. The van der Waals surface area contributed by atoms with Crippen LogP contribution in [0.5, 0.6) is 0 Å². The molecular weight excluding hydrogens is 354 g/mol. The lowest BCUT2D eigenvalue weighted by Crippen LogP contribution is -2.44. The smallest absolute Gasteiger partial charge is 0.242 e. The second kappa shape index (κ2) is 11.5. The molecule has 1 saturated heterocycles. The van der Waals surface area contributed by atoms with E-state index in [0.717, 1.165) is 31.2 Å². The molecule has 1 unspecified atom stereocenters. The van der Waals surface area contributed by atoms with E-state index in [4.69, 9.17) is 0 Å². The summed E-state index contributed by atoms with van der Waals surface area (Å²) >= 11 is 0. The van der Waals surface area contributed by atoms with Crippen LogP contribution in [-0.4, -0.2) is 42.3 Å². The van der Waals surface area contributed by atoms with Crippen LogP contribution in [0.15, 0.2) is 30.3 Å². The summed E-state index contributed by atoms with van der Waals surface area (Å²) in [5.41, 5.74) is 0.943. The fourth-order valence-electron chi connectivity index (χ4n) is 3.49. The van der Waals surface area contributed by atoms with Crippen LogP contribution < -0.4 is 10.6 Å². The van der Waals surface area contributed by atoms with Gasteiger partial charge < -0.3 is 15.5 Å². The number of carbonyl (C=O) groups excluding carboxylic acids is 3. The molecule has 2 rings (SSSR count). The fourth-order valence-corrected chi connectivity index (χ4v) is 3.49. The summed E-state index contributed by atoms with van der Waals surface area (Å²) in [5, 5.41) is 5.70. The van der Waals surface area contributed by atoms with Crippen molar-refractivity contribution in [3.8, 4) is 0 Å². The number of nitrogens with zero attached hydrogens (tertiary/aromatic N) is 1. The van der Waals surface area contributed by atoms with Gasteiger partial charge in [0.2, 0.25) is 17.7 Å². The summed E-state index contributed by atoms with van der Waals surface area (Å²) in [6, 6.07) is 9.35. The minimum absolute atomic E-state index is 0.0312. The van der Waals surface area contributed by atoms with Crippen LogP contribution >= 0.6 is 0 Å². The van der Waals surface area contributed by atoms with Gasteiger partial charge in [0.05, 0.1) is 19.0 Å². The highest BCUT2D eigenvalue weighted by Gasteiger charge is 2.27. The second-order valence-corrected chi connectivity index (χ2v) is 7.86. The van der Waals surface area contributed by atoms with Crippen molar-refractivity contribution in [2.45, 2.75) is 58.4 Å². The Morgan fingerprint density at radius 1 is 1.14 bits per heavy atom. The van der Waals surface area contributed by atoms with Gasteiger partial charge in [-0.25, -0.2) is 0 Å². The third-order valence-electron chi connectivity index (χ3n) is 4.94. The molecule has 0 aromatic heterocycles. The van der Waals surface area contributed by atoms with Gasteiger partial charge in [-0.1, -0.05) is 57.0 Å². The molecule has 3 amide bonds. The van der Waals surface area contributed by atoms with Crippen molar-refractivity contribution in [1.82, 2.24) is 15.5 Å². The third-order valence-corrected chi connectivity index (χ3v) is 4.94. The van der Waals surface area contributed by atoms with Gasteiger partial charge in [0.25, 0.3) is 0 Å². The molecule has 1 aliphatic rings. The molecule has 6 heteroatoms. The molecule has 1 aromatic carbocycles. The minimum atomic E-state index is -0.325. The molecule has 28 heavy (non-hydrogen) atoms. The highest BCUT2D eigenvalue weighted by molar-refractivity contribution is 5.85. The highest BCUT2D eigenvalue weighted by Crippen LogP contribution is 2.25. The van der Waals surface area contributed by atoms with Crippen LogP contribution in [0.1, 0.15) is 64.0 Å². The molecule has 0 bridgehead atoms. The van der Waals surface area contributed by atoms with Crippen molar-refractivity contribution < 1.29 is 14.4 Å². The zero-order valence-corrected chi connectivity index (χ0v) is 17.1. The van der Waals surface area contributed by atoms with E-state index in [2.05, 4.69) is 10.6 Å². The number of benzene rings is 1. The quantitative estimate of drug-likeness (QED) is 0.815. The van der Waals surface area contributed by atoms with Gasteiger partial charge in [-0.15, -0.1) is 0 Å². The molecule has 2 N–H and O–H groups in total. The van der Waals surface area contributed by atoms with Crippen molar-refractivity contribution in [2.75, 3.05) is 19.6 Å². The predicted molar refractivity (Wildman–Crippen MR) is 109 cm³/mol. The van der Waals surface area contributed by atoms with Crippen molar-refractivity contribution in [1.29, 1.82) is 0 Å². The molecule has 154 valence electrons. The van der Waals surface area contributed by atoms with Gasteiger partial charge in [-0.05, 0) is 24.3 Å². The molecule has 1 aromatic rings. The maximum absolute atomic E-state index is 13.0. The van der Waals surface area contributed by atoms with Crippen LogP contribution in [0.2, 0.25) is 0 Å². The Morgan fingerprint density at radius 2 is 1.86 bits per heavy atom. The number of hydrogen-bond acceptors (Lipinski definition) is 3. The monoisotopic (exact) mass is 387 g/mol. The number of nitrogens with one attached hydrogen (secondary N) is 2. The number of rotatable bonds is 5. The zero-order valence-electron chi connectivity index (χ0n) is 17.1. The number of hydrogen-bond donors (Lipinski definition) is 2. The van der Waals surface area contributed by atoms with Crippen molar-refractivity contribution in [3.05, 3.63) is 35.9 Å². The minimum Gasteiger partial charge on any atom is -0.356 e. The van der Waals surface area contributed by atoms with Crippen LogP contribution in [0, 0.1) is 5.92 Å². The van der Waals surface area contributed by atoms with Gasteiger partial charge >= 0.3 is 0 Å². The summed E-state index contributed by atoms with van der Waals surface area (Å²) in [6.45, 7) is 5.18. The fraction of sp³-hybridized carbons (Fsp3) is 0.591. The van der Waals surface area contributed by atoms with E-state index >= 15 is 0 Å².